The van der Waals surface area contributed by atoms with E-state index in [1.807, 2.05) is 24.3 Å². The van der Waals surface area contributed by atoms with Gasteiger partial charge in [0.25, 0.3) is 5.56 Å². The fourth-order valence-corrected chi connectivity index (χ4v) is 4.55. The monoisotopic (exact) mass is 510 g/mol. The Balaban J connectivity index is 1.44. The second-order valence-corrected chi connectivity index (χ2v) is 9.37. The summed E-state index contributed by atoms with van der Waals surface area (Å²) >= 11 is 0. The molecule has 0 saturated carbocycles. The number of benzene rings is 2. The lowest BCUT2D eigenvalue weighted by molar-refractivity contribution is -0.151. The van der Waals surface area contributed by atoms with Crippen molar-refractivity contribution in [3.8, 4) is 5.75 Å². The Morgan fingerprint density at radius 3 is 2.70 bits per heavy atom. The summed E-state index contributed by atoms with van der Waals surface area (Å²) < 4.78 is 17.9. The van der Waals surface area contributed by atoms with E-state index >= 15 is 0 Å². The van der Waals surface area contributed by atoms with Gasteiger partial charge in [0, 0.05) is 30.2 Å². The summed E-state index contributed by atoms with van der Waals surface area (Å²) in [5.74, 6) is -0.434. The van der Waals surface area contributed by atoms with Crippen LogP contribution in [0.4, 0.5) is 0 Å². The number of hydrogen-bond donors (Lipinski definition) is 2. The molecule has 2 aromatic carbocycles. The number of H-pyrrole nitrogens is 1. The highest BCUT2D eigenvalue weighted by Gasteiger charge is 2.36. The van der Waals surface area contributed by atoms with E-state index in [9.17, 15) is 24.3 Å². The van der Waals surface area contributed by atoms with Crippen molar-refractivity contribution in [2.75, 3.05) is 13.7 Å². The molecule has 10 heteroatoms. The van der Waals surface area contributed by atoms with Crippen LogP contribution >= 0.6 is 0 Å². The van der Waals surface area contributed by atoms with Crippen LogP contribution in [0.25, 0.3) is 10.8 Å². The van der Waals surface area contributed by atoms with Gasteiger partial charge in [-0.25, -0.2) is 4.79 Å². The van der Waals surface area contributed by atoms with Crippen LogP contribution in [0.1, 0.15) is 49.1 Å². The van der Waals surface area contributed by atoms with Crippen molar-refractivity contribution in [2.45, 2.75) is 58.0 Å². The van der Waals surface area contributed by atoms with E-state index in [4.69, 9.17) is 14.2 Å². The fraction of sp³-hybridized carbons (Fsp3) is 0.407. The molecule has 196 valence electrons. The number of hydrogen-bond acceptors (Lipinski definition) is 8. The molecule has 2 heterocycles. The molecule has 1 aliphatic heterocycles. The number of fused-ring (bicyclic) bond motifs is 1. The van der Waals surface area contributed by atoms with E-state index < -0.39 is 41.6 Å². The second-order valence-electron chi connectivity index (χ2n) is 9.37. The molecule has 0 amide bonds. The first-order chi connectivity index (χ1) is 17.6. The minimum absolute atomic E-state index is 0.0194. The quantitative estimate of drug-likeness (QED) is 0.440. The second kappa shape index (κ2) is 10.7. The molecular formula is C27H30N2O8. The Morgan fingerprint density at radius 2 is 2.00 bits per heavy atom. The third-order valence-corrected chi connectivity index (χ3v) is 6.66. The number of carbonyl (C=O) groups is 2. The summed E-state index contributed by atoms with van der Waals surface area (Å²) in [5, 5.41) is 12.2. The number of Topliss-reactive ketones (excluding diaryl/α,β-unsaturated/α-hetero) is 1. The smallest absolute Gasteiger partial charge is 0.330 e. The first kappa shape index (κ1) is 26.3. The predicted molar refractivity (Wildman–Crippen MR) is 135 cm³/mol. The Hall–Kier alpha value is -3.76. The van der Waals surface area contributed by atoms with Crippen molar-refractivity contribution >= 4 is 22.5 Å². The number of aliphatic hydroxyl groups is 1. The van der Waals surface area contributed by atoms with Crippen molar-refractivity contribution in [3.63, 3.8) is 0 Å². The molecule has 0 radical (unpaired) electrons. The van der Waals surface area contributed by atoms with Gasteiger partial charge in [-0.1, -0.05) is 24.3 Å². The third kappa shape index (κ3) is 5.50. The van der Waals surface area contributed by atoms with Crippen LogP contribution < -0.4 is 16.0 Å². The largest absolute Gasteiger partial charge is 0.496 e. The van der Waals surface area contributed by atoms with Gasteiger partial charge in [0.15, 0.2) is 0 Å². The van der Waals surface area contributed by atoms with Crippen molar-refractivity contribution in [2.24, 2.45) is 0 Å². The predicted octanol–water partition coefficient (Wildman–Crippen LogP) is 2.13. The maximum atomic E-state index is 12.8. The molecule has 1 saturated heterocycles. The summed E-state index contributed by atoms with van der Waals surface area (Å²) in [5.41, 5.74) is 0.746. The molecule has 1 aromatic heterocycles. The molecule has 4 rings (SSSR count). The normalized spacial score (nSPS) is 20.1. The van der Waals surface area contributed by atoms with E-state index in [1.54, 1.807) is 27.0 Å². The SMILES string of the molecule is COc1ccc2cc([C@H](C)C(=O)OC[C@H]3O[C@@H](n4cc(C)c(=O)[nH]c4=O)C[C@@H]3O)ccc2c1CC(C)=O. The molecule has 1 fully saturated rings. The number of rotatable bonds is 8. The molecule has 0 unspecified atom stereocenters. The Labute approximate surface area is 212 Å². The van der Waals surface area contributed by atoms with E-state index in [0.29, 0.717) is 11.3 Å². The third-order valence-electron chi connectivity index (χ3n) is 6.66. The van der Waals surface area contributed by atoms with Crippen molar-refractivity contribution in [1.82, 2.24) is 9.55 Å². The zero-order valence-corrected chi connectivity index (χ0v) is 21.1. The minimum atomic E-state index is -0.956. The number of nitrogens with one attached hydrogen (secondary N) is 1. The van der Waals surface area contributed by atoms with Gasteiger partial charge in [0.2, 0.25) is 0 Å². The van der Waals surface area contributed by atoms with Crippen LogP contribution in [-0.2, 0) is 25.5 Å². The first-order valence-electron chi connectivity index (χ1n) is 12.0. The summed E-state index contributed by atoms with van der Waals surface area (Å²) in [6.07, 6.45) is -0.833. The number of esters is 1. The summed E-state index contributed by atoms with van der Waals surface area (Å²) in [6, 6.07) is 9.25. The highest BCUT2D eigenvalue weighted by molar-refractivity contribution is 5.93. The topological polar surface area (TPSA) is 137 Å². The number of nitrogens with zero attached hydrogens (tertiary/aromatic N) is 1. The summed E-state index contributed by atoms with van der Waals surface area (Å²) in [6.45, 7) is 4.62. The molecule has 2 N–H and O–H groups in total. The number of aryl methyl sites for hydroxylation is 1. The van der Waals surface area contributed by atoms with Gasteiger partial charge in [0.05, 0.1) is 19.1 Å². The molecule has 4 atom stereocenters. The van der Waals surface area contributed by atoms with Crippen molar-refractivity contribution in [3.05, 3.63) is 74.1 Å². The van der Waals surface area contributed by atoms with E-state index in [0.717, 1.165) is 21.9 Å². The number of ketones is 1. The Kier molecular flexibility index (Phi) is 7.60. The number of aliphatic hydroxyl groups excluding tert-OH is 1. The maximum absolute atomic E-state index is 12.8. The number of aromatic amines is 1. The zero-order chi connectivity index (χ0) is 26.9. The van der Waals surface area contributed by atoms with E-state index in [2.05, 4.69) is 4.98 Å². The zero-order valence-electron chi connectivity index (χ0n) is 21.1. The summed E-state index contributed by atoms with van der Waals surface area (Å²) in [7, 11) is 1.56. The molecule has 0 spiro atoms. The molecule has 37 heavy (non-hydrogen) atoms. The van der Waals surface area contributed by atoms with Crippen LogP contribution in [0.3, 0.4) is 0 Å². The average molecular weight is 511 g/mol. The van der Waals surface area contributed by atoms with Gasteiger partial charge in [-0.3, -0.25) is 23.9 Å². The molecule has 0 aliphatic carbocycles. The molecule has 1 aliphatic rings. The van der Waals surface area contributed by atoms with E-state index in [1.165, 1.54) is 17.7 Å². The minimum Gasteiger partial charge on any atom is -0.496 e. The molecule has 0 bridgehead atoms. The van der Waals surface area contributed by atoms with Crippen LogP contribution in [0, 0.1) is 6.92 Å². The lowest BCUT2D eigenvalue weighted by Crippen LogP contribution is -2.33. The van der Waals surface area contributed by atoms with Crippen LogP contribution in [-0.4, -0.2) is 52.3 Å². The van der Waals surface area contributed by atoms with Gasteiger partial charge < -0.3 is 19.3 Å². The Morgan fingerprint density at radius 1 is 1.24 bits per heavy atom. The van der Waals surface area contributed by atoms with Gasteiger partial charge in [-0.05, 0) is 43.2 Å². The van der Waals surface area contributed by atoms with Crippen LogP contribution in [0.15, 0.2) is 46.1 Å². The maximum Gasteiger partial charge on any atom is 0.330 e. The lowest BCUT2D eigenvalue weighted by atomic mass is 9.94. The average Bonchev–Trinajstić information content (AvgIpc) is 3.23. The highest BCUT2D eigenvalue weighted by Crippen LogP contribution is 2.32. The number of methoxy groups -OCH3 is 1. The summed E-state index contributed by atoms with van der Waals surface area (Å²) in [4.78, 5) is 50.6. The highest BCUT2D eigenvalue weighted by atomic mass is 16.6. The molecule has 3 aromatic rings. The fourth-order valence-electron chi connectivity index (χ4n) is 4.55. The first-order valence-corrected chi connectivity index (χ1v) is 12.0. The molecular weight excluding hydrogens is 480 g/mol. The van der Waals surface area contributed by atoms with Gasteiger partial charge in [-0.2, -0.15) is 0 Å². The molecule has 10 nitrogen and oxygen atoms in total. The lowest BCUT2D eigenvalue weighted by Gasteiger charge is -2.18. The number of ether oxygens (including phenoxy) is 3. The standard InChI is InChI=1S/C27H30N2O8/c1-14-12-29(27(34)28-25(14)32)24-11-21(31)23(37-24)13-36-26(33)16(3)17-5-7-19-18(10-17)6-8-22(35-4)20(19)9-15(2)30/h5-8,10,12,16,21,23-24,31H,9,11,13H2,1-4H3,(H,28,32,34)/t16-,21-,23+,24+/m0/s1. The van der Waals surface area contributed by atoms with E-state index in [-0.39, 0.29) is 25.2 Å². The van der Waals surface area contributed by atoms with Crippen LogP contribution in [0.2, 0.25) is 0 Å². The Bertz CT molecular complexity index is 1460. The van der Waals surface area contributed by atoms with Gasteiger partial charge in [0.1, 0.15) is 30.5 Å². The van der Waals surface area contributed by atoms with Gasteiger partial charge in [-0.15, -0.1) is 0 Å². The van der Waals surface area contributed by atoms with Crippen molar-refractivity contribution in [1.29, 1.82) is 0 Å². The number of carbonyl (C=O) groups excluding carboxylic acids is 2. The van der Waals surface area contributed by atoms with Crippen LogP contribution in [0.5, 0.6) is 5.75 Å². The number of aromatic nitrogens is 2. The van der Waals surface area contributed by atoms with Crippen molar-refractivity contribution < 1.29 is 28.9 Å². The van der Waals surface area contributed by atoms with Gasteiger partial charge >= 0.3 is 11.7 Å².